The van der Waals surface area contributed by atoms with Gasteiger partial charge in [0.2, 0.25) is 0 Å². The summed E-state index contributed by atoms with van der Waals surface area (Å²) in [4.78, 5) is 24.8. The van der Waals surface area contributed by atoms with Gasteiger partial charge in [0.15, 0.2) is 5.76 Å². The number of amides is 1. The van der Waals surface area contributed by atoms with Crippen LogP contribution in [0.4, 0.5) is 25.0 Å². The number of carbonyl (C=O) groups excluding carboxylic acids is 1. The van der Waals surface area contributed by atoms with Crippen LogP contribution in [0.5, 0.6) is 0 Å². The van der Waals surface area contributed by atoms with Crippen molar-refractivity contribution < 1.29 is 32.7 Å². The topological polar surface area (TPSA) is 92.9 Å². The maximum Gasteiger partial charge on any atom is 0.419 e. The standard InChI is InChI=1S/C27H22F2N2O5/c1-3-35-27(34)31(23-13-12-21(28)15-22(23)29)26-16(2)36-30-25(26)20-10-8-19(9-11-20)18-6-4-17(5-7-18)14-24(32)33/h4-13,15H,3,14H2,1-2H3,(H,32,33). The van der Waals surface area contributed by atoms with Crippen molar-refractivity contribution in [3.05, 3.63) is 89.7 Å². The molecule has 4 rings (SSSR count). The molecule has 0 radical (unpaired) electrons. The summed E-state index contributed by atoms with van der Waals surface area (Å²) in [7, 11) is 0. The molecule has 7 nitrogen and oxygen atoms in total. The highest BCUT2D eigenvalue weighted by Gasteiger charge is 2.30. The molecule has 1 N–H and O–H groups in total. The zero-order valence-electron chi connectivity index (χ0n) is 19.5. The molecule has 1 heterocycles. The third kappa shape index (κ3) is 5.10. The number of carbonyl (C=O) groups is 2. The Labute approximate surface area is 205 Å². The lowest BCUT2D eigenvalue weighted by Crippen LogP contribution is -2.28. The van der Waals surface area contributed by atoms with Gasteiger partial charge in [0.1, 0.15) is 23.0 Å². The Morgan fingerprint density at radius 3 is 2.17 bits per heavy atom. The summed E-state index contributed by atoms with van der Waals surface area (Å²) in [6.07, 6.45) is -0.923. The molecule has 0 saturated heterocycles. The van der Waals surface area contributed by atoms with E-state index < -0.39 is 23.7 Å². The van der Waals surface area contributed by atoms with Crippen LogP contribution < -0.4 is 4.90 Å². The van der Waals surface area contributed by atoms with Gasteiger partial charge in [-0.1, -0.05) is 53.7 Å². The number of carboxylic acids is 1. The summed E-state index contributed by atoms with van der Waals surface area (Å²) in [5.74, 6) is -2.40. The van der Waals surface area contributed by atoms with Crippen molar-refractivity contribution in [3.8, 4) is 22.4 Å². The second-order valence-corrected chi connectivity index (χ2v) is 7.91. The zero-order chi connectivity index (χ0) is 25.8. The summed E-state index contributed by atoms with van der Waals surface area (Å²) in [6.45, 7) is 3.23. The van der Waals surface area contributed by atoms with Gasteiger partial charge >= 0.3 is 12.1 Å². The van der Waals surface area contributed by atoms with E-state index >= 15 is 0 Å². The lowest BCUT2D eigenvalue weighted by molar-refractivity contribution is -0.136. The molecule has 0 aliphatic carbocycles. The number of aliphatic carboxylic acids is 1. The average molecular weight is 492 g/mol. The van der Waals surface area contributed by atoms with Crippen LogP contribution in [0.15, 0.2) is 71.3 Å². The van der Waals surface area contributed by atoms with E-state index in [-0.39, 0.29) is 35.9 Å². The van der Waals surface area contributed by atoms with Crippen molar-refractivity contribution in [1.29, 1.82) is 0 Å². The third-order valence-corrected chi connectivity index (χ3v) is 5.46. The predicted octanol–water partition coefficient (Wildman–Crippen LogP) is 6.52. The van der Waals surface area contributed by atoms with E-state index in [0.717, 1.165) is 28.2 Å². The average Bonchev–Trinajstić information content (AvgIpc) is 3.22. The summed E-state index contributed by atoms with van der Waals surface area (Å²) in [5, 5.41) is 13.0. The zero-order valence-corrected chi connectivity index (χ0v) is 19.5. The van der Waals surface area contributed by atoms with Crippen molar-refractivity contribution in [2.24, 2.45) is 0 Å². The van der Waals surface area contributed by atoms with E-state index in [9.17, 15) is 18.4 Å². The van der Waals surface area contributed by atoms with Gasteiger partial charge in [0.25, 0.3) is 0 Å². The van der Waals surface area contributed by atoms with Gasteiger partial charge in [0.05, 0.1) is 18.7 Å². The van der Waals surface area contributed by atoms with Crippen LogP contribution in [0.1, 0.15) is 18.2 Å². The summed E-state index contributed by atoms with van der Waals surface area (Å²) < 4.78 is 38.8. The number of nitrogens with zero attached hydrogens (tertiary/aromatic N) is 2. The van der Waals surface area contributed by atoms with Crippen molar-refractivity contribution in [2.45, 2.75) is 20.3 Å². The smallest absolute Gasteiger partial charge is 0.419 e. The first-order chi connectivity index (χ1) is 17.3. The van der Waals surface area contributed by atoms with Crippen molar-refractivity contribution in [2.75, 3.05) is 11.5 Å². The summed E-state index contributed by atoms with van der Waals surface area (Å²) >= 11 is 0. The number of hydrogen-bond acceptors (Lipinski definition) is 5. The Kier molecular flexibility index (Phi) is 7.10. The normalized spacial score (nSPS) is 10.8. The molecule has 0 aliphatic rings. The molecular formula is C27H22F2N2O5. The first-order valence-corrected chi connectivity index (χ1v) is 11.1. The second-order valence-electron chi connectivity index (χ2n) is 7.91. The number of hydrogen-bond donors (Lipinski definition) is 1. The second kappa shape index (κ2) is 10.4. The predicted molar refractivity (Wildman–Crippen MR) is 129 cm³/mol. The summed E-state index contributed by atoms with van der Waals surface area (Å²) in [5.41, 5.74) is 3.27. The number of ether oxygens (including phenoxy) is 1. The number of aromatic nitrogens is 1. The monoisotopic (exact) mass is 492 g/mol. The highest BCUT2D eigenvalue weighted by Crippen LogP contribution is 2.39. The fourth-order valence-corrected chi connectivity index (χ4v) is 3.79. The van der Waals surface area contributed by atoms with E-state index in [4.69, 9.17) is 14.4 Å². The lowest BCUT2D eigenvalue weighted by atomic mass is 10.0. The molecular weight excluding hydrogens is 470 g/mol. The Morgan fingerprint density at radius 1 is 0.972 bits per heavy atom. The number of carboxylic acid groups (broad SMARTS) is 1. The van der Waals surface area contributed by atoms with Gasteiger partial charge < -0.3 is 14.4 Å². The van der Waals surface area contributed by atoms with Crippen LogP contribution in [-0.2, 0) is 16.0 Å². The molecule has 0 unspecified atom stereocenters. The molecule has 184 valence electrons. The Bertz CT molecular complexity index is 1400. The Balaban J connectivity index is 1.72. The van der Waals surface area contributed by atoms with Gasteiger partial charge in [-0.3, -0.25) is 4.79 Å². The fourth-order valence-electron chi connectivity index (χ4n) is 3.79. The van der Waals surface area contributed by atoms with Gasteiger partial charge in [-0.2, -0.15) is 0 Å². The molecule has 3 aromatic carbocycles. The first-order valence-electron chi connectivity index (χ1n) is 11.1. The highest BCUT2D eigenvalue weighted by molar-refractivity contribution is 6.00. The fraction of sp³-hybridized carbons (Fsp3) is 0.148. The van der Waals surface area contributed by atoms with Crippen molar-refractivity contribution in [1.82, 2.24) is 5.16 Å². The number of benzene rings is 3. The van der Waals surface area contributed by atoms with Crippen LogP contribution in [-0.4, -0.2) is 28.9 Å². The largest absolute Gasteiger partial charge is 0.481 e. The van der Waals surface area contributed by atoms with Crippen LogP contribution in [0.3, 0.4) is 0 Å². The first kappa shape index (κ1) is 24.6. The van der Waals surface area contributed by atoms with E-state index in [2.05, 4.69) is 5.16 Å². The van der Waals surface area contributed by atoms with E-state index in [1.54, 1.807) is 38.1 Å². The van der Waals surface area contributed by atoms with E-state index in [1.165, 1.54) is 0 Å². The molecule has 36 heavy (non-hydrogen) atoms. The lowest BCUT2D eigenvalue weighted by Gasteiger charge is -2.22. The maximum atomic E-state index is 14.7. The molecule has 0 fully saturated rings. The van der Waals surface area contributed by atoms with Crippen molar-refractivity contribution >= 4 is 23.4 Å². The van der Waals surface area contributed by atoms with Crippen LogP contribution in [0.25, 0.3) is 22.4 Å². The maximum absolute atomic E-state index is 14.7. The number of rotatable bonds is 7. The molecule has 1 aromatic heterocycles. The molecule has 0 atom stereocenters. The molecule has 4 aromatic rings. The Hall–Kier alpha value is -4.53. The molecule has 0 saturated carbocycles. The molecule has 0 spiro atoms. The van der Waals surface area contributed by atoms with Gasteiger partial charge in [-0.25, -0.2) is 18.5 Å². The highest BCUT2D eigenvalue weighted by atomic mass is 19.1. The third-order valence-electron chi connectivity index (χ3n) is 5.46. The Morgan fingerprint density at radius 2 is 1.58 bits per heavy atom. The minimum absolute atomic E-state index is 0.0394. The minimum Gasteiger partial charge on any atom is -0.481 e. The van der Waals surface area contributed by atoms with E-state index in [0.29, 0.717) is 17.2 Å². The minimum atomic E-state index is -0.948. The van der Waals surface area contributed by atoms with Crippen LogP contribution >= 0.6 is 0 Å². The van der Waals surface area contributed by atoms with Gasteiger partial charge in [-0.15, -0.1) is 0 Å². The quantitative estimate of drug-likeness (QED) is 0.316. The van der Waals surface area contributed by atoms with Gasteiger partial charge in [0, 0.05) is 11.6 Å². The number of anilines is 2. The molecule has 0 aliphatic heterocycles. The molecule has 1 amide bonds. The van der Waals surface area contributed by atoms with Crippen LogP contribution in [0.2, 0.25) is 0 Å². The van der Waals surface area contributed by atoms with Crippen LogP contribution in [0, 0.1) is 18.6 Å². The molecule has 0 bridgehead atoms. The van der Waals surface area contributed by atoms with Crippen molar-refractivity contribution in [3.63, 3.8) is 0 Å². The molecule has 9 heteroatoms. The summed E-state index contributed by atoms with van der Waals surface area (Å²) in [6, 6.07) is 17.3. The SMILES string of the molecule is CCOC(=O)N(c1ccc(F)cc1F)c1c(-c2ccc(-c3ccc(CC(=O)O)cc3)cc2)noc1C. The number of halogens is 2. The number of aryl methyl sites for hydroxylation is 1. The van der Waals surface area contributed by atoms with Gasteiger partial charge in [-0.05, 0) is 42.7 Å². The van der Waals surface area contributed by atoms with E-state index in [1.807, 2.05) is 24.3 Å².